The lowest BCUT2D eigenvalue weighted by atomic mass is 10.1. The molecule has 2 aromatic rings. The van der Waals surface area contributed by atoms with Crippen molar-refractivity contribution < 1.29 is 9.53 Å². The van der Waals surface area contributed by atoms with Crippen LogP contribution in [0.3, 0.4) is 0 Å². The lowest BCUT2D eigenvalue weighted by molar-refractivity contribution is -0.140. The number of thiophene rings is 1. The predicted molar refractivity (Wildman–Crippen MR) is 71.5 cm³/mol. The van der Waals surface area contributed by atoms with Crippen molar-refractivity contribution in [3.8, 4) is 0 Å². The molecule has 0 aliphatic rings. The Labute approximate surface area is 105 Å². The molecule has 90 valence electrons. The van der Waals surface area contributed by atoms with Gasteiger partial charge in [-0.1, -0.05) is 17.7 Å². The zero-order valence-electron chi connectivity index (χ0n) is 10.2. The van der Waals surface area contributed by atoms with E-state index in [2.05, 4.69) is 35.2 Å². The fourth-order valence-electron chi connectivity index (χ4n) is 1.91. The molecule has 1 aromatic carbocycles. The van der Waals surface area contributed by atoms with Crippen molar-refractivity contribution in [1.82, 2.24) is 0 Å². The predicted octanol–water partition coefficient (Wildman–Crippen LogP) is 3.71. The minimum absolute atomic E-state index is 0.124. The molecule has 1 aromatic heterocycles. The summed E-state index contributed by atoms with van der Waals surface area (Å²) in [7, 11) is 1.44. The van der Waals surface area contributed by atoms with Gasteiger partial charge in [0.25, 0.3) is 0 Å². The van der Waals surface area contributed by atoms with Crippen molar-refractivity contribution in [3.05, 3.63) is 34.7 Å². The summed E-state index contributed by atoms with van der Waals surface area (Å²) in [5.41, 5.74) is 2.63. The smallest absolute Gasteiger partial charge is 0.305 e. The van der Waals surface area contributed by atoms with Crippen molar-refractivity contribution in [2.24, 2.45) is 0 Å². The quantitative estimate of drug-likeness (QED) is 0.771. The fraction of sp³-hybridized carbons (Fsp3) is 0.357. The molecule has 0 amide bonds. The van der Waals surface area contributed by atoms with Crippen LogP contribution < -0.4 is 0 Å². The highest BCUT2D eigenvalue weighted by atomic mass is 32.1. The van der Waals surface area contributed by atoms with Gasteiger partial charge in [-0.05, 0) is 42.2 Å². The molecule has 17 heavy (non-hydrogen) atoms. The second-order valence-electron chi connectivity index (χ2n) is 4.19. The van der Waals surface area contributed by atoms with E-state index in [-0.39, 0.29) is 5.97 Å². The summed E-state index contributed by atoms with van der Waals surface area (Å²) in [5.74, 6) is -0.124. The van der Waals surface area contributed by atoms with E-state index in [0.717, 1.165) is 12.8 Å². The third-order valence-corrected chi connectivity index (χ3v) is 3.88. The highest BCUT2D eigenvalue weighted by Gasteiger charge is 2.06. The van der Waals surface area contributed by atoms with Gasteiger partial charge in [-0.2, -0.15) is 0 Å². The monoisotopic (exact) mass is 248 g/mol. The molecule has 1 heterocycles. The minimum atomic E-state index is -0.124. The number of hydrogen-bond acceptors (Lipinski definition) is 3. The average Bonchev–Trinajstić information content (AvgIpc) is 2.72. The molecular weight excluding hydrogens is 232 g/mol. The lowest BCUT2D eigenvalue weighted by Crippen LogP contribution is -2.00. The number of fused-ring (bicyclic) bond motifs is 1. The summed E-state index contributed by atoms with van der Waals surface area (Å²) in [6, 6.07) is 6.52. The molecule has 0 bridgehead atoms. The topological polar surface area (TPSA) is 26.3 Å². The van der Waals surface area contributed by atoms with E-state index in [4.69, 9.17) is 0 Å². The first-order valence-corrected chi connectivity index (χ1v) is 6.62. The molecule has 0 fully saturated rings. The Bertz CT molecular complexity index is 528. The molecule has 2 rings (SSSR count). The molecule has 0 saturated heterocycles. The second-order valence-corrected chi connectivity index (χ2v) is 5.10. The first-order valence-electron chi connectivity index (χ1n) is 5.74. The Hall–Kier alpha value is -1.35. The number of carbonyl (C=O) groups excluding carboxylic acids is 1. The Balaban J connectivity index is 2.08. The summed E-state index contributed by atoms with van der Waals surface area (Å²) in [4.78, 5) is 11.0. The van der Waals surface area contributed by atoms with Gasteiger partial charge in [0.1, 0.15) is 0 Å². The number of benzene rings is 1. The first kappa shape index (κ1) is 12.1. The van der Waals surface area contributed by atoms with E-state index in [1.54, 1.807) is 11.3 Å². The molecule has 2 nitrogen and oxygen atoms in total. The minimum Gasteiger partial charge on any atom is -0.469 e. The highest BCUT2D eigenvalue weighted by Crippen LogP contribution is 2.28. The van der Waals surface area contributed by atoms with Gasteiger partial charge in [0, 0.05) is 11.1 Å². The normalized spacial score (nSPS) is 10.7. The highest BCUT2D eigenvalue weighted by molar-refractivity contribution is 7.17. The number of carbonyl (C=O) groups is 1. The van der Waals surface area contributed by atoms with E-state index in [0.29, 0.717) is 6.42 Å². The van der Waals surface area contributed by atoms with Gasteiger partial charge in [-0.3, -0.25) is 4.79 Å². The lowest BCUT2D eigenvalue weighted by Gasteiger charge is -2.00. The second kappa shape index (κ2) is 5.32. The van der Waals surface area contributed by atoms with Crippen LogP contribution in [-0.4, -0.2) is 13.1 Å². The Kier molecular flexibility index (Phi) is 3.79. The van der Waals surface area contributed by atoms with Gasteiger partial charge in [0.2, 0.25) is 0 Å². The number of esters is 1. The largest absolute Gasteiger partial charge is 0.469 e. The molecule has 3 heteroatoms. The van der Waals surface area contributed by atoms with Gasteiger partial charge >= 0.3 is 5.97 Å². The van der Waals surface area contributed by atoms with Gasteiger partial charge in [-0.25, -0.2) is 0 Å². The summed E-state index contributed by atoms with van der Waals surface area (Å²) >= 11 is 1.77. The van der Waals surface area contributed by atoms with Crippen LogP contribution >= 0.6 is 11.3 Å². The molecule has 0 aliphatic carbocycles. The van der Waals surface area contributed by atoms with Gasteiger partial charge in [-0.15, -0.1) is 11.3 Å². The van der Waals surface area contributed by atoms with Crippen molar-refractivity contribution in [1.29, 1.82) is 0 Å². The summed E-state index contributed by atoms with van der Waals surface area (Å²) in [6.45, 7) is 2.11. The molecule has 0 radical (unpaired) electrons. The van der Waals surface area contributed by atoms with E-state index in [1.807, 2.05) is 0 Å². The molecule has 0 spiro atoms. The van der Waals surface area contributed by atoms with E-state index >= 15 is 0 Å². The van der Waals surface area contributed by atoms with Crippen LogP contribution in [-0.2, 0) is 16.0 Å². The third-order valence-electron chi connectivity index (χ3n) is 2.86. The van der Waals surface area contributed by atoms with Crippen LogP contribution in [0.4, 0.5) is 0 Å². The van der Waals surface area contributed by atoms with Crippen LogP contribution in [0.5, 0.6) is 0 Å². The van der Waals surface area contributed by atoms with Crippen LogP contribution in [0.15, 0.2) is 23.6 Å². The van der Waals surface area contributed by atoms with Crippen LogP contribution in [0.2, 0.25) is 0 Å². The van der Waals surface area contributed by atoms with E-state index in [9.17, 15) is 4.79 Å². The van der Waals surface area contributed by atoms with Gasteiger partial charge in [0.15, 0.2) is 0 Å². The number of ether oxygens (including phenoxy) is 1. The zero-order chi connectivity index (χ0) is 12.3. The standard InChI is InChI=1S/C14H16O2S/c1-10-6-7-13-12(8-10)11(9-17-13)4-3-5-14(15)16-2/h6-9H,3-5H2,1-2H3. The molecule has 0 aliphatic heterocycles. The molecule has 0 N–H and O–H groups in total. The summed E-state index contributed by atoms with van der Waals surface area (Å²) < 4.78 is 5.96. The van der Waals surface area contributed by atoms with Crippen molar-refractivity contribution in [2.75, 3.05) is 7.11 Å². The molecule has 0 atom stereocenters. The first-order chi connectivity index (χ1) is 8.20. The third kappa shape index (κ3) is 2.86. The maximum absolute atomic E-state index is 11.0. The van der Waals surface area contributed by atoms with Gasteiger partial charge < -0.3 is 4.74 Å². The number of hydrogen-bond donors (Lipinski definition) is 0. The van der Waals surface area contributed by atoms with Crippen LogP contribution in [0.1, 0.15) is 24.0 Å². The maximum atomic E-state index is 11.0. The average molecular weight is 248 g/mol. The summed E-state index contributed by atoms with van der Waals surface area (Å²) in [5, 5.41) is 3.53. The van der Waals surface area contributed by atoms with Crippen molar-refractivity contribution >= 4 is 27.4 Å². The van der Waals surface area contributed by atoms with E-state index in [1.165, 1.54) is 28.3 Å². The molecular formula is C14H16O2S. The Morgan fingerprint density at radius 1 is 1.41 bits per heavy atom. The van der Waals surface area contributed by atoms with Crippen LogP contribution in [0.25, 0.3) is 10.1 Å². The van der Waals surface area contributed by atoms with Crippen molar-refractivity contribution in [3.63, 3.8) is 0 Å². The molecule has 0 unspecified atom stereocenters. The molecule has 0 saturated carbocycles. The number of aryl methyl sites for hydroxylation is 2. The zero-order valence-corrected chi connectivity index (χ0v) is 11.0. The summed E-state index contributed by atoms with van der Waals surface area (Å²) in [6.07, 6.45) is 2.30. The van der Waals surface area contributed by atoms with Crippen LogP contribution in [0, 0.1) is 6.92 Å². The Morgan fingerprint density at radius 3 is 3.00 bits per heavy atom. The SMILES string of the molecule is COC(=O)CCCc1csc2ccc(C)cc12. The Morgan fingerprint density at radius 2 is 2.24 bits per heavy atom. The van der Waals surface area contributed by atoms with Gasteiger partial charge in [0.05, 0.1) is 7.11 Å². The fourth-order valence-corrected chi connectivity index (χ4v) is 2.89. The maximum Gasteiger partial charge on any atom is 0.305 e. The number of methoxy groups -OCH3 is 1. The number of rotatable bonds is 4. The van der Waals surface area contributed by atoms with E-state index < -0.39 is 0 Å². The van der Waals surface area contributed by atoms with Crippen molar-refractivity contribution in [2.45, 2.75) is 26.2 Å².